The highest BCUT2D eigenvalue weighted by Gasteiger charge is 2.28. The lowest BCUT2D eigenvalue weighted by Gasteiger charge is -2.17. The SMILES string of the molecule is O=C(NC(CO)c1ccccc1)c1n[nH]c2c1CCCC[C@@H]2Cc1cccc(Cl)c1. The normalized spacial score (nSPS) is 17.1. The van der Waals surface area contributed by atoms with Crippen LogP contribution in [-0.4, -0.2) is 27.8 Å². The van der Waals surface area contributed by atoms with Crippen LogP contribution in [0.25, 0.3) is 0 Å². The van der Waals surface area contributed by atoms with Crippen molar-refractivity contribution < 1.29 is 9.90 Å². The minimum atomic E-state index is -0.459. The van der Waals surface area contributed by atoms with Crippen molar-refractivity contribution >= 4 is 17.5 Å². The molecule has 1 amide bonds. The van der Waals surface area contributed by atoms with Crippen molar-refractivity contribution in [3.63, 3.8) is 0 Å². The topological polar surface area (TPSA) is 78.0 Å². The van der Waals surface area contributed by atoms with Crippen molar-refractivity contribution in [2.45, 2.75) is 44.1 Å². The molecule has 3 N–H and O–H groups in total. The van der Waals surface area contributed by atoms with Gasteiger partial charge in [-0.2, -0.15) is 5.10 Å². The molecule has 1 aromatic heterocycles. The number of aliphatic hydroxyl groups excluding tert-OH is 1. The molecule has 1 heterocycles. The number of halogens is 1. The van der Waals surface area contributed by atoms with Gasteiger partial charge in [-0.05, 0) is 48.9 Å². The maximum absolute atomic E-state index is 13.0. The summed E-state index contributed by atoms with van der Waals surface area (Å²) in [6.07, 6.45) is 4.88. The van der Waals surface area contributed by atoms with Crippen LogP contribution in [0.3, 0.4) is 0 Å². The third kappa shape index (κ3) is 4.58. The summed E-state index contributed by atoms with van der Waals surface area (Å²) in [7, 11) is 0. The van der Waals surface area contributed by atoms with E-state index in [1.54, 1.807) is 0 Å². The minimum absolute atomic E-state index is 0.167. The van der Waals surface area contributed by atoms with Gasteiger partial charge in [-0.25, -0.2) is 0 Å². The van der Waals surface area contributed by atoms with Crippen molar-refractivity contribution in [2.24, 2.45) is 0 Å². The number of carbonyl (C=O) groups excluding carboxylic acids is 1. The minimum Gasteiger partial charge on any atom is -0.394 e. The Morgan fingerprint density at radius 2 is 2.03 bits per heavy atom. The quantitative estimate of drug-likeness (QED) is 0.508. The second-order valence-electron chi connectivity index (χ2n) is 7.86. The van der Waals surface area contributed by atoms with Gasteiger partial charge in [-0.15, -0.1) is 0 Å². The Morgan fingerprint density at radius 1 is 1.20 bits per heavy atom. The number of fused-ring (bicyclic) bond motifs is 1. The average molecular weight is 424 g/mol. The van der Waals surface area contributed by atoms with E-state index in [2.05, 4.69) is 21.6 Å². The van der Waals surface area contributed by atoms with Crippen LogP contribution >= 0.6 is 11.6 Å². The predicted molar refractivity (Wildman–Crippen MR) is 118 cm³/mol. The van der Waals surface area contributed by atoms with Crippen LogP contribution in [0.15, 0.2) is 54.6 Å². The first-order valence-corrected chi connectivity index (χ1v) is 10.8. The molecule has 0 saturated carbocycles. The Kier molecular flexibility index (Phi) is 6.50. The highest BCUT2D eigenvalue weighted by atomic mass is 35.5. The van der Waals surface area contributed by atoms with Gasteiger partial charge in [0.25, 0.3) is 5.91 Å². The highest BCUT2D eigenvalue weighted by molar-refractivity contribution is 6.30. The molecule has 3 aromatic rings. The van der Waals surface area contributed by atoms with Crippen LogP contribution in [-0.2, 0) is 12.8 Å². The van der Waals surface area contributed by atoms with Crippen molar-refractivity contribution in [3.8, 4) is 0 Å². The molecule has 0 spiro atoms. The van der Waals surface area contributed by atoms with E-state index in [1.165, 1.54) is 5.56 Å². The van der Waals surface area contributed by atoms with Crippen molar-refractivity contribution in [2.75, 3.05) is 6.61 Å². The summed E-state index contributed by atoms with van der Waals surface area (Å²) in [5.41, 5.74) is 4.55. The summed E-state index contributed by atoms with van der Waals surface area (Å²) < 4.78 is 0. The van der Waals surface area contributed by atoms with Crippen molar-refractivity contribution in [1.82, 2.24) is 15.5 Å². The first-order valence-electron chi connectivity index (χ1n) is 10.4. The lowest BCUT2D eigenvalue weighted by molar-refractivity contribution is 0.0910. The van der Waals surface area contributed by atoms with Gasteiger partial charge in [-0.3, -0.25) is 9.89 Å². The molecule has 2 aromatic carbocycles. The number of carbonyl (C=O) groups is 1. The summed E-state index contributed by atoms with van der Waals surface area (Å²) in [5, 5.41) is 21.0. The molecule has 0 radical (unpaired) electrons. The number of nitrogens with zero attached hydrogens (tertiary/aromatic N) is 1. The number of rotatable bonds is 6. The zero-order chi connectivity index (χ0) is 20.9. The summed E-state index contributed by atoms with van der Waals surface area (Å²) >= 11 is 6.16. The molecule has 5 nitrogen and oxygen atoms in total. The Labute approximate surface area is 181 Å². The second kappa shape index (κ2) is 9.45. The molecule has 1 unspecified atom stereocenters. The van der Waals surface area contributed by atoms with E-state index in [-0.39, 0.29) is 18.4 Å². The standard InChI is InChI=1S/C24H26ClN3O2/c25-19-11-6-7-16(14-19)13-18-10-4-5-12-20-22(18)27-28-23(20)24(30)26-21(15-29)17-8-2-1-3-9-17/h1-3,6-9,11,14,18,21,29H,4-5,10,12-13,15H2,(H,26,30)(H,27,28)/t18-,21?/m1/s1. The average Bonchev–Trinajstić information content (AvgIpc) is 3.09. The molecule has 6 heteroatoms. The monoisotopic (exact) mass is 423 g/mol. The fourth-order valence-corrected chi connectivity index (χ4v) is 4.51. The lowest BCUT2D eigenvalue weighted by atomic mass is 9.91. The van der Waals surface area contributed by atoms with Crippen molar-refractivity contribution in [3.05, 3.63) is 87.7 Å². The molecule has 4 rings (SSSR count). The van der Waals surface area contributed by atoms with Gasteiger partial charge < -0.3 is 10.4 Å². The fourth-order valence-electron chi connectivity index (χ4n) is 4.29. The van der Waals surface area contributed by atoms with E-state index in [9.17, 15) is 9.90 Å². The first-order chi connectivity index (χ1) is 14.7. The largest absolute Gasteiger partial charge is 0.394 e. The highest BCUT2D eigenvalue weighted by Crippen LogP contribution is 2.33. The summed E-state index contributed by atoms with van der Waals surface area (Å²) in [6.45, 7) is -0.167. The maximum atomic E-state index is 13.0. The van der Waals surface area contributed by atoms with Gasteiger partial charge in [-0.1, -0.05) is 60.5 Å². The molecule has 0 bridgehead atoms. The van der Waals surface area contributed by atoms with E-state index in [1.807, 2.05) is 48.5 Å². The van der Waals surface area contributed by atoms with Crippen LogP contribution < -0.4 is 5.32 Å². The van der Waals surface area contributed by atoms with Crippen LogP contribution in [0.4, 0.5) is 0 Å². The number of nitrogens with one attached hydrogen (secondary N) is 2. The zero-order valence-electron chi connectivity index (χ0n) is 16.8. The Bertz CT molecular complexity index is 1000. The van der Waals surface area contributed by atoms with Gasteiger partial charge >= 0.3 is 0 Å². The van der Waals surface area contributed by atoms with Crippen molar-refractivity contribution in [1.29, 1.82) is 0 Å². The number of aromatic amines is 1. The van der Waals surface area contributed by atoms with Crippen LogP contribution in [0.5, 0.6) is 0 Å². The number of benzene rings is 2. The van der Waals surface area contributed by atoms with E-state index >= 15 is 0 Å². The van der Waals surface area contributed by atoms with Gasteiger partial charge in [0.05, 0.1) is 12.6 Å². The molecular weight excluding hydrogens is 398 g/mol. The smallest absolute Gasteiger partial charge is 0.272 e. The molecule has 1 aliphatic carbocycles. The molecular formula is C24H26ClN3O2. The van der Waals surface area contributed by atoms with E-state index in [0.717, 1.165) is 53.9 Å². The Balaban J connectivity index is 1.56. The number of hydrogen-bond donors (Lipinski definition) is 3. The molecule has 0 saturated heterocycles. The molecule has 1 aliphatic rings. The Hall–Kier alpha value is -2.63. The van der Waals surface area contributed by atoms with Crippen LogP contribution in [0.2, 0.25) is 5.02 Å². The summed E-state index contributed by atoms with van der Waals surface area (Å²) in [4.78, 5) is 13.0. The maximum Gasteiger partial charge on any atom is 0.272 e. The van der Waals surface area contributed by atoms with E-state index in [0.29, 0.717) is 5.69 Å². The molecule has 0 aliphatic heterocycles. The third-order valence-electron chi connectivity index (χ3n) is 5.81. The Morgan fingerprint density at radius 3 is 2.80 bits per heavy atom. The van der Waals surface area contributed by atoms with Gasteiger partial charge in [0.1, 0.15) is 0 Å². The number of aliphatic hydroxyl groups is 1. The summed E-state index contributed by atoms with van der Waals surface area (Å²) in [6, 6.07) is 17.0. The second-order valence-corrected chi connectivity index (χ2v) is 8.30. The molecule has 2 atom stereocenters. The summed E-state index contributed by atoms with van der Waals surface area (Å²) in [5.74, 6) is 0.0246. The molecule has 0 fully saturated rings. The zero-order valence-corrected chi connectivity index (χ0v) is 17.5. The lowest BCUT2D eigenvalue weighted by Crippen LogP contribution is -2.31. The van der Waals surface area contributed by atoms with Gasteiger partial charge in [0.2, 0.25) is 0 Å². The number of hydrogen-bond acceptors (Lipinski definition) is 3. The molecule has 30 heavy (non-hydrogen) atoms. The fraction of sp³-hybridized carbons (Fsp3) is 0.333. The van der Waals surface area contributed by atoms with E-state index < -0.39 is 6.04 Å². The number of aromatic nitrogens is 2. The predicted octanol–water partition coefficient (Wildman–Crippen LogP) is 4.58. The van der Waals surface area contributed by atoms with Crippen LogP contribution in [0, 0.1) is 0 Å². The number of amides is 1. The van der Waals surface area contributed by atoms with Gasteiger partial charge in [0, 0.05) is 22.2 Å². The third-order valence-corrected chi connectivity index (χ3v) is 6.05. The molecule has 156 valence electrons. The van der Waals surface area contributed by atoms with E-state index in [4.69, 9.17) is 11.6 Å². The van der Waals surface area contributed by atoms with Crippen LogP contribution in [0.1, 0.15) is 64.1 Å². The number of H-pyrrole nitrogens is 1. The van der Waals surface area contributed by atoms with Gasteiger partial charge in [0.15, 0.2) is 5.69 Å². The first kappa shape index (κ1) is 20.6.